The van der Waals surface area contributed by atoms with E-state index in [4.69, 9.17) is 14.2 Å². The van der Waals surface area contributed by atoms with Crippen molar-refractivity contribution in [1.82, 2.24) is 29.8 Å². The van der Waals surface area contributed by atoms with Crippen LogP contribution in [0.4, 0.5) is 11.4 Å². The third kappa shape index (κ3) is 6.66. The molecule has 3 unspecified atom stereocenters. The first-order valence-corrected chi connectivity index (χ1v) is 17.0. The highest BCUT2D eigenvalue weighted by Crippen LogP contribution is 2.33. The van der Waals surface area contributed by atoms with Gasteiger partial charge in [-0.15, -0.1) is 0 Å². The van der Waals surface area contributed by atoms with Gasteiger partial charge in [-0.1, -0.05) is 6.92 Å². The van der Waals surface area contributed by atoms with E-state index in [0.29, 0.717) is 18.9 Å². The van der Waals surface area contributed by atoms with Gasteiger partial charge in [0.15, 0.2) is 0 Å². The van der Waals surface area contributed by atoms with Gasteiger partial charge in [-0.25, -0.2) is 24.2 Å². The second kappa shape index (κ2) is 14.0. The average molecular weight is 656 g/mol. The maximum atomic E-state index is 12.8. The number of nitrogens with one attached hydrogen (secondary N) is 1. The van der Waals surface area contributed by atoms with Crippen molar-refractivity contribution < 1.29 is 14.2 Å². The van der Waals surface area contributed by atoms with Crippen LogP contribution in [-0.2, 0) is 9.47 Å². The van der Waals surface area contributed by atoms with E-state index in [0.717, 1.165) is 75.6 Å². The molecule has 0 spiro atoms. The fourth-order valence-corrected chi connectivity index (χ4v) is 6.72. The number of piperazine rings is 1. The highest BCUT2D eigenvalue weighted by Gasteiger charge is 2.50. The lowest BCUT2D eigenvalue weighted by molar-refractivity contribution is -0.210. The molecule has 13 nitrogen and oxygen atoms in total. The minimum Gasteiger partial charge on any atom is -0.407 e. The molecule has 2 aromatic carbocycles. The van der Waals surface area contributed by atoms with E-state index in [-0.39, 0.29) is 23.9 Å². The van der Waals surface area contributed by atoms with E-state index >= 15 is 0 Å². The van der Waals surface area contributed by atoms with E-state index in [1.54, 1.807) is 15.6 Å². The number of hydrazone groups is 1. The van der Waals surface area contributed by atoms with Crippen LogP contribution in [0.15, 0.2) is 64.8 Å². The number of benzene rings is 2. The second-order valence-corrected chi connectivity index (χ2v) is 12.9. The first-order chi connectivity index (χ1) is 23.4. The number of hydrogen-bond donors (Lipinski definition) is 1. The van der Waals surface area contributed by atoms with Gasteiger partial charge < -0.3 is 29.3 Å². The number of rotatable bonds is 9. The number of nitrogens with zero attached hydrogens (tertiary/aromatic N) is 8. The predicted octanol–water partition coefficient (Wildman–Crippen LogP) is 2.68. The molecule has 3 aromatic rings. The van der Waals surface area contributed by atoms with Gasteiger partial charge in [0.1, 0.15) is 30.8 Å². The van der Waals surface area contributed by atoms with Crippen molar-refractivity contribution in [3.63, 3.8) is 0 Å². The summed E-state index contributed by atoms with van der Waals surface area (Å²) < 4.78 is 21.7. The van der Waals surface area contributed by atoms with Crippen molar-refractivity contribution in [2.45, 2.75) is 57.1 Å². The Bertz CT molecular complexity index is 1680. The molecule has 1 N–H and O–H groups in total. The van der Waals surface area contributed by atoms with E-state index in [1.165, 1.54) is 0 Å². The van der Waals surface area contributed by atoms with Crippen LogP contribution in [0, 0.1) is 12.0 Å². The third-order valence-corrected chi connectivity index (χ3v) is 9.79. The molecule has 1 aromatic heterocycles. The van der Waals surface area contributed by atoms with Crippen molar-refractivity contribution in [1.29, 1.82) is 0 Å². The highest BCUT2D eigenvalue weighted by atomic mass is 16.7. The van der Waals surface area contributed by atoms with E-state index in [2.05, 4.69) is 68.5 Å². The lowest BCUT2D eigenvalue weighted by atomic mass is 10.1. The Kier molecular flexibility index (Phi) is 9.41. The molecular weight excluding hydrogens is 610 g/mol. The topological polar surface area (TPSA) is 105 Å². The molecule has 254 valence electrons. The van der Waals surface area contributed by atoms with E-state index in [9.17, 15) is 4.79 Å². The van der Waals surface area contributed by atoms with Gasteiger partial charge in [-0.3, -0.25) is 0 Å². The zero-order valence-electron chi connectivity index (χ0n) is 28.0. The van der Waals surface area contributed by atoms with Crippen molar-refractivity contribution in [2.75, 3.05) is 69.3 Å². The van der Waals surface area contributed by atoms with Crippen molar-refractivity contribution in [3.8, 4) is 23.5 Å². The third-order valence-electron chi connectivity index (χ3n) is 9.79. The number of hydrazine groups is 1. The van der Waals surface area contributed by atoms with E-state index in [1.807, 2.05) is 54.6 Å². The molecule has 4 atom stereocenters. The summed E-state index contributed by atoms with van der Waals surface area (Å²) in [7, 11) is 2.01. The Hall–Kier alpha value is -4.35. The van der Waals surface area contributed by atoms with Crippen LogP contribution < -0.4 is 25.5 Å². The molecule has 4 aliphatic rings. The van der Waals surface area contributed by atoms with Gasteiger partial charge in [0.25, 0.3) is 0 Å². The number of hydrogen-bond acceptors (Lipinski definition) is 11. The van der Waals surface area contributed by atoms with Crippen LogP contribution in [-0.4, -0.2) is 108 Å². The predicted molar refractivity (Wildman–Crippen MR) is 185 cm³/mol. The Balaban J connectivity index is 0.904. The number of ether oxygens (including phenoxy) is 3. The molecule has 4 aliphatic heterocycles. The molecule has 3 fully saturated rings. The lowest BCUT2D eigenvalue weighted by Crippen LogP contribution is -2.56. The Morgan fingerprint density at radius 1 is 1.04 bits per heavy atom. The smallest absolute Gasteiger partial charge is 0.350 e. The molecule has 0 bridgehead atoms. The molecular formula is C35H45N9O4. The minimum atomic E-state index is -0.806. The van der Waals surface area contributed by atoms with Crippen LogP contribution >= 0.6 is 0 Å². The monoisotopic (exact) mass is 655 g/mol. The van der Waals surface area contributed by atoms with Crippen LogP contribution in [0.5, 0.6) is 5.75 Å². The molecule has 13 heteroatoms. The molecule has 7 rings (SSSR count). The Morgan fingerprint density at radius 3 is 2.35 bits per heavy atom. The Morgan fingerprint density at radius 2 is 1.73 bits per heavy atom. The van der Waals surface area contributed by atoms with Crippen molar-refractivity contribution in [2.24, 2.45) is 5.10 Å². The van der Waals surface area contributed by atoms with Gasteiger partial charge in [0, 0.05) is 50.8 Å². The molecule has 3 saturated heterocycles. The fourth-order valence-electron chi connectivity index (χ4n) is 6.72. The van der Waals surface area contributed by atoms with Gasteiger partial charge in [-0.2, -0.15) is 10.2 Å². The van der Waals surface area contributed by atoms with Crippen LogP contribution in [0.25, 0.3) is 5.69 Å². The van der Waals surface area contributed by atoms with Gasteiger partial charge in [0.05, 0.1) is 30.9 Å². The first kappa shape index (κ1) is 32.2. The first-order valence-electron chi connectivity index (χ1n) is 17.0. The van der Waals surface area contributed by atoms with Crippen molar-refractivity contribution >= 4 is 17.6 Å². The largest absolute Gasteiger partial charge is 0.407 e. The van der Waals surface area contributed by atoms with Crippen LogP contribution in [0.1, 0.15) is 39.2 Å². The summed E-state index contributed by atoms with van der Waals surface area (Å²) in [6.07, 6.45) is 8.90. The molecule has 0 saturated carbocycles. The maximum Gasteiger partial charge on any atom is 0.350 e. The Labute approximate surface area is 281 Å². The summed E-state index contributed by atoms with van der Waals surface area (Å²) in [5.74, 6) is 2.99. The summed E-state index contributed by atoms with van der Waals surface area (Å²) in [6.45, 7) is 10.3. The summed E-state index contributed by atoms with van der Waals surface area (Å²) in [6, 6.07) is 16.4. The number of aromatic nitrogens is 3. The molecule has 0 amide bonds. The lowest BCUT2D eigenvalue weighted by Gasteiger charge is -2.37. The SMILES string of the molecule is CCC(C)n1ncn(-c2ccc(N3CCN(c4ccc(OC#CC5CO[C@@](CN6N=CCN6C)(C6CCCN6)O5)cc4)CC3)cc2)c1=O. The summed E-state index contributed by atoms with van der Waals surface area (Å²) >= 11 is 0. The maximum absolute atomic E-state index is 12.8. The molecule has 0 radical (unpaired) electrons. The number of anilines is 2. The average Bonchev–Trinajstić information content (AvgIpc) is 3.95. The molecule has 5 heterocycles. The zero-order valence-corrected chi connectivity index (χ0v) is 28.0. The van der Waals surface area contributed by atoms with E-state index < -0.39 is 5.79 Å². The normalized spacial score (nSPS) is 25.0. The van der Waals surface area contributed by atoms with Gasteiger partial charge >= 0.3 is 5.69 Å². The minimum absolute atomic E-state index is 0.0726. The zero-order chi connectivity index (χ0) is 33.1. The summed E-state index contributed by atoms with van der Waals surface area (Å²) in [5.41, 5.74) is 3.01. The standard InChI is InChI=1S/C35H45N9O4/c1-4-27(2)44-34(45)42(26-38-44)30-9-7-28(8-10-30)40-19-21-41(22-20-40)29-11-13-31(14-12-29)46-23-15-32-24-47-35(48-32,33-6-5-16-36-33)25-43-37-17-18-39(43)3/h7-14,17,26-27,32-33,36H,4-6,16,18-22,24-25H2,1-3H3/t27?,32?,33?,35-/m1/s1. The summed E-state index contributed by atoms with van der Waals surface area (Å²) in [4.78, 5) is 17.5. The van der Waals surface area contributed by atoms with Gasteiger partial charge in [-0.05, 0) is 87.2 Å². The second-order valence-electron chi connectivity index (χ2n) is 12.9. The van der Waals surface area contributed by atoms with Crippen LogP contribution in [0.2, 0.25) is 0 Å². The summed E-state index contributed by atoms with van der Waals surface area (Å²) in [5, 5.41) is 16.3. The fraction of sp³-hybridized carbons (Fsp3) is 0.514. The van der Waals surface area contributed by atoms with Crippen LogP contribution in [0.3, 0.4) is 0 Å². The van der Waals surface area contributed by atoms with Crippen molar-refractivity contribution in [3.05, 3.63) is 65.3 Å². The highest BCUT2D eigenvalue weighted by molar-refractivity contribution is 5.60. The molecule has 48 heavy (non-hydrogen) atoms. The quantitative estimate of drug-likeness (QED) is 0.346. The van der Waals surface area contributed by atoms with Gasteiger partial charge in [0.2, 0.25) is 5.79 Å². The molecule has 0 aliphatic carbocycles.